The third kappa shape index (κ3) is 3.55. The number of nitrogens with zero attached hydrogens (tertiary/aromatic N) is 1. The molecule has 2 unspecified atom stereocenters. The molecule has 1 aliphatic rings. The molecule has 4 heteroatoms. The molecular formula is C15H22N2O2. The van der Waals surface area contributed by atoms with E-state index < -0.39 is 0 Å². The van der Waals surface area contributed by atoms with E-state index >= 15 is 0 Å². The minimum Gasteiger partial charge on any atom is -0.372 e. The lowest BCUT2D eigenvalue weighted by atomic mass is 10.1. The number of carbonyl (C=O) groups excluding carboxylic acids is 1. The maximum Gasteiger partial charge on any atom is 0.254 e. The van der Waals surface area contributed by atoms with E-state index in [9.17, 15) is 4.79 Å². The van der Waals surface area contributed by atoms with Crippen LogP contribution in [0.3, 0.4) is 0 Å². The summed E-state index contributed by atoms with van der Waals surface area (Å²) in [5, 5.41) is 0. The van der Waals surface area contributed by atoms with E-state index in [4.69, 9.17) is 10.5 Å². The smallest absolute Gasteiger partial charge is 0.254 e. The number of ether oxygens (including phenoxy) is 1. The molecule has 2 atom stereocenters. The van der Waals surface area contributed by atoms with Crippen molar-refractivity contribution in [2.75, 3.05) is 19.6 Å². The molecule has 2 rings (SSSR count). The second-order valence-corrected chi connectivity index (χ2v) is 5.21. The van der Waals surface area contributed by atoms with Crippen molar-refractivity contribution in [3.05, 3.63) is 35.4 Å². The Labute approximate surface area is 114 Å². The van der Waals surface area contributed by atoms with Gasteiger partial charge in [0.25, 0.3) is 5.91 Å². The highest BCUT2D eigenvalue weighted by molar-refractivity contribution is 5.94. The van der Waals surface area contributed by atoms with Gasteiger partial charge in [0.05, 0.1) is 12.2 Å². The van der Waals surface area contributed by atoms with Gasteiger partial charge in [-0.15, -0.1) is 0 Å². The van der Waals surface area contributed by atoms with Crippen LogP contribution in [0.2, 0.25) is 0 Å². The number of hydrogen-bond donors (Lipinski definition) is 1. The minimum absolute atomic E-state index is 0.0841. The number of nitrogens with two attached hydrogens (primary N) is 1. The molecule has 1 aliphatic heterocycles. The summed E-state index contributed by atoms with van der Waals surface area (Å²) in [4.78, 5) is 14.4. The predicted octanol–water partition coefficient (Wildman–Crippen LogP) is 1.44. The topological polar surface area (TPSA) is 55.6 Å². The van der Waals surface area contributed by atoms with Gasteiger partial charge in [0.1, 0.15) is 0 Å². The van der Waals surface area contributed by atoms with Crippen LogP contribution in [-0.2, 0) is 11.2 Å². The number of morpholine rings is 1. The molecule has 0 bridgehead atoms. The standard InChI is InChI=1S/C15H22N2O2/c1-11-9-17(10-12(2)19-11)15(18)14-5-3-4-13(8-14)6-7-16/h3-5,8,11-12H,6-7,9-10,16H2,1-2H3. The van der Waals surface area contributed by atoms with Crippen LogP contribution in [0.15, 0.2) is 24.3 Å². The Bertz CT molecular complexity index is 438. The van der Waals surface area contributed by atoms with E-state index in [0.717, 1.165) is 17.5 Å². The number of rotatable bonds is 3. The third-order valence-electron chi connectivity index (χ3n) is 3.31. The lowest BCUT2D eigenvalue weighted by Gasteiger charge is -2.35. The zero-order chi connectivity index (χ0) is 13.8. The normalized spacial score (nSPS) is 23.4. The minimum atomic E-state index is 0.0841. The zero-order valence-corrected chi connectivity index (χ0v) is 11.6. The molecule has 1 heterocycles. The van der Waals surface area contributed by atoms with Crippen LogP contribution in [0, 0.1) is 0 Å². The van der Waals surface area contributed by atoms with Gasteiger partial charge >= 0.3 is 0 Å². The molecule has 0 spiro atoms. The van der Waals surface area contributed by atoms with Gasteiger partial charge in [-0.05, 0) is 44.5 Å². The first-order chi connectivity index (χ1) is 9.10. The highest BCUT2D eigenvalue weighted by Crippen LogP contribution is 2.15. The average Bonchev–Trinajstić information content (AvgIpc) is 2.37. The van der Waals surface area contributed by atoms with Gasteiger partial charge in [0.15, 0.2) is 0 Å². The highest BCUT2D eigenvalue weighted by Gasteiger charge is 2.26. The van der Waals surface area contributed by atoms with Gasteiger partial charge in [-0.3, -0.25) is 4.79 Å². The third-order valence-corrected chi connectivity index (χ3v) is 3.31. The lowest BCUT2D eigenvalue weighted by molar-refractivity contribution is -0.0586. The Morgan fingerprint density at radius 2 is 2.05 bits per heavy atom. The second-order valence-electron chi connectivity index (χ2n) is 5.21. The Kier molecular flexibility index (Phi) is 4.56. The molecule has 104 valence electrons. The summed E-state index contributed by atoms with van der Waals surface area (Å²) < 4.78 is 5.65. The van der Waals surface area contributed by atoms with Gasteiger partial charge in [0.2, 0.25) is 0 Å². The number of amides is 1. The van der Waals surface area contributed by atoms with Crippen LogP contribution < -0.4 is 5.73 Å². The molecule has 1 aromatic carbocycles. The van der Waals surface area contributed by atoms with Crippen molar-refractivity contribution in [3.63, 3.8) is 0 Å². The number of carbonyl (C=O) groups is 1. The molecule has 19 heavy (non-hydrogen) atoms. The first-order valence-electron chi connectivity index (χ1n) is 6.84. The summed E-state index contributed by atoms with van der Waals surface area (Å²) in [7, 11) is 0. The molecule has 1 saturated heterocycles. The van der Waals surface area contributed by atoms with Crippen LogP contribution in [0.1, 0.15) is 29.8 Å². The van der Waals surface area contributed by atoms with E-state index in [0.29, 0.717) is 19.6 Å². The van der Waals surface area contributed by atoms with Crippen molar-refractivity contribution in [1.82, 2.24) is 4.90 Å². The molecule has 1 fully saturated rings. The summed E-state index contributed by atoms with van der Waals surface area (Å²) in [6.07, 6.45) is 0.997. The molecule has 0 aromatic heterocycles. The maximum absolute atomic E-state index is 12.5. The van der Waals surface area contributed by atoms with Crippen molar-refractivity contribution < 1.29 is 9.53 Å². The zero-order valence-electron chi connectivity index (χ0n) is 11.6. The molecule has 0 aliphatic carbocycles. The second kappa shape index (κ2) is 6.17. The lowest BCUT2D eigenvalue weighted by Crippen LogP contribution is -2.48. The quantitative estimate of drug-likeness (QED) is 0.896. The van der Waals surface area contributed by atoms with Gasteiger partial charge in [-0.2, -0.15) is 0 Å². The number of benzene rings is 1. The fraction of sp³-hybridized carbons (Fsp3) is 0.533. The number of hydrogen-bond acceptors (Lipinski definition) is 3. The van der Waals surface area contributed by atoms with Crippen LogP contribution in [0.4, 0.5) is 0 Å². The largest absolute Gasteiger partial charge is 0.372 e. The average molecular weight is 262 g/mol. The van der Waals surface area contributed by atoms with Crippen LogP contribution >= 0.6 is 0 Å². The van der Waals surface area contributed by atoms with Crippen LogP contribution in [0.5, 0.6) is 0 Å². The van der Waals surface area contributed by atoms with Crippen LogP contribution in [0.25, 0.3) is 0 Å². The van der Waals surface area contributed by atoms with E-state index in [1.165, 1.54) is 0 Å². The fourth-order valence-electron chi connectivity index (χ4n) is 2.55. The molecule has 1 amide bonds. The summed E-state index contributed by atoms with van der Waals surface area (Å²) in [5.41, 5.74) is 7.41. The Morgan fingerprint density at radius 3 is 2.68 bits per heavy atom. The van der Waals surface area contributed by atoms with E-state index in [-0.39, 0.29) is 18.1 Å². The van der Waals surface area contributed by atoms with E-state index in [1.807, 2.05) is 43.0 Å². The first kappa shape index (κ1) is 14.0. The van der Waals surface area contributed by atoms with Gasteiger partial charge in [-0.25, -0.2) is 0 Å². The molecule has 1 aromatic rings. The monoisotopic (exact) mass is 262 g/mol. The predicted molar refractivity (Wildman–Crippen MR) is 75.1 cm³/mol. The van der Waals surface area contributed by atoms with E-state index in [2.05, 4.69) is 0 Å². The van der Waals surface area contributed by atoms with Gasteiger partial charge in [0, 0.05) is 18.7 Å². The summed E-state index contributed by atoms with van der Waals surface area (Å²) in [6, 6.07) is 7.74. The van der Waals surface area contributed by atoms with Crippen molar-refractivity contribution in [2.45, 2.75) is 32.5 Å². The van der Waals surface area contributed by atoms with Crippen LogP contribution in [-0.4, -0.2) is 42.6 Å². The van der Waals surface area contributed by atoms with Gasteiger partial charge < -0.3 is 15.4 Å². The van der Waals surface area contributed by atoms with Crippen molar-refractivity contribution in [3.8, 4) is 0 Å². The highest BCUT2D eigenvalue weighted by atomic mass is 16.5. The Balaban J connectivity index is 2.12. The van der Waals surface area contributed by atoms with Crippen molar-refractivity contribution in [2.24, 2.45) is 5.73 Å². The maximum atomic E-state index is 12.5. The molecule has 0 radical (unpaired) electrons. The fourth-order valence-corrected chi connectivity index (χ4v) is 2.55. The van der Waals surface area contributed by atoms with E-state index in [1.54, 1.807) is 0 Å². The van der Waals surface area contributed by atoms with Crippen molar-refractivity contribution >= 4 is 5.91 Å². The Morgan fingerprint density at radius 1 is 1.37 bits per heavy atom. The SMILES string of the molecule is CC1CN(C(=O)c2cccc(CCN)c2)CC(C)O1. The summed E-state index contributed by atoms with van der Waals surface area (Å²) in [6.45, 7) is 5.92. The van der Waals surface area contributed by atoms with Crippen molar-refractivity contribution in [1.29, 1.82) is 0 Å². The molecule has 4 nitrogen and oxygen atoms in total. The summed E-state index contributed by atoms with van der Waals surface area (Å²) in [5.74, 6) is 0.0841. The van der Waals surface area contributed by atoms with Gasteiger partial charge in [-0.1, -0.05) is 12.1 Å². The first-order valence-corrected chi connectivity index (χ1v) is 6.84. The molecular weight excluding hydrogens is 240 g/mol. The summed E-state index contributed by atoms with van der Waals surface area (Å²) >= 11 is 0. The Hall–Kier alpha value is -1.39. The molecule has 0 saturated carbocycles. The molecule has 2 N–H and O–H groups in total.